The molecule has 110 valence electrons. The first-order valence-electron chi connectivity index (χ1n) is 6.77. The Bertz CT molecular complexity index is 481. The van der Waals surface area contributed by atoms with E-state index >= 15 is 0 Å². The largest absolute Gasteiger partial charge is 0.381 e. The molecule has 0 saturated carbocycles. The van der Waals surface area contributed by atoms with Crippen molar-refractivity contribution in [2.75, 3.05) is 38.7 Å². The van der Waals surface area contributed by atoms with E-state index in [2.05, 4.69) is 5.32 Å². The first kappa shape index (κ1) is 14.9. The Kier molecular flexibility index (Phi) is 4.73. The number of carbonyl (C=O) groups is 1. The van der Waals surface area contributed by atoms with Crippen molar-refractivity contribution in [3.8, 4) is 0 Å². The maximum absolute atomic E-state index is 14.2. The molecule has 1 aliphatic heterocycles. The highest BCUT2D eigenvalue weighted by atomic mass is 19.1. The van der Waals surface area contributed by atoms with Crippen LogP contribution in [-0.4, -0.2) is 49.8 Å². The number of aryl methyl sites for hydroxylation is 1. The van der Waals surface area contributed by atoms with Crippen LogP contribution in [0.2, 0.25) is 0 Å². The molecule has 0 aromatic heterocycles. The van der Waals surface area contributed by atoms with Crippen LogP contribution < -0.4 is 5.32 Å². The van der Waals surface area contributed by atoms with Gasteiger partial charge in [-0.1, -0.05) is 12.1 Å². The molecule has 5 heteroatoms. The summed E-state index contributed by atoms with van der Waals surface area (Å²) in [7, 11) is 1.49. The van der Waals surface area contributed by atoms with Crippen molar-refractivity contribution in [3.63, 3.8) is 0 Å². The lowest BCUT2D eigenvalue weighted by molar-refractivity contribution is -0.117. The number of nitrogens with zero attached hydrogens (tertiary/aromatic N) is 1. The van der Waals surface area contributed by atoms with E-state index in [9.17, 15) is 9.18 Å². The number of alkyl halides is 1. The van der Waals surface area contributed by atoms with Crippen molar-refractivity contribution >= 4 is 11.6 Å². The van der Waals surface area contributed by atoms with Crippen molar-refractivity contribution in [1.82, 2.24) is 4.90 Å². The van der Waals surface area contributed by atoms with E-state index in [1.165, 1.54) is 7.11 Å². The Morgan fingerprint density at radius 3 is 3.05 bits per heavy atom. The van der Waals surface area contributed by atoms with Gasteiger partial charge in [0.15, 0.2) is 0 Å². The zero-order valence-electron chi connectivity index (χ0n) is 12.0. The molecule has 1 aromatic carbocycles. The maximum Gasteiger partial charge on any atom is 0.238 e. The lowest BCUT2D eigenvalue weighted by Gasteiger charge is -2.19. The summed E-state index contributed by atoms with van der Waals surface area (Å²) in [5.41, 5.74) is 0.544. The molecule has 1 amide bonds. The monoisotopic (exact) mass is 280 g/mol. The predicted molar refractivity (Wildman–Crippen MR) is 76.6 cm³/mol. The fourth-order valence-corrected chi connectivity index (χ4v) is 2.56. The summed E-state index contributed by atoms with van der Waals surface area (Å²) >= 11 is 0. The van der Waals surface area contributed by atoms with Gasteiger partial charge in [0.2, 0.25) is 5.91 Å². The fourth-order valence-electron chi connectivity index (χ4n) is 2.56. The molecule has 1 N–H and O–H groups in total. The molecule has 1 aromatic rings. The minimum atomic E-state index is -1.32. The second kappa shape index (κ2) is 6.33. The Morgan fingerprint density at radius 2 is 2.35 bits per heavy atom. The van der Waals surface area contributed by atoms with E-state index in [1.54, 1.807) is 0 Å². The summed E-state index contributed by atoms with van der Waals surface area (Å²) < 4.78 is 19.1. The highest BCUT2D eigenvalue weighted by molar-refractivity contribution is 5.92. The van der Waals surface area contributed by atoms with Gasteiger partial charge in [-0.25, -0.2) is 4.39 Å². The third-order valence-electron chi connectivity index (χ3n) is 3.46. The van der Waals surface area contributed by atoms with Gasteiger partial charge in [-0.3, -0.25) is 9.69 Å². The molecule has 1 fully saturated rings. The number of likely N-dealkylation sites (tertiary alicyclic amines) is 1. The number of hydrogen-bond donors (Lipinski definition) is 1. The number of anilines is 1. The maximum atomic E-state index is 14.2. The molecular weight excluding hydrogens is 259 g/mol. The standard InChI is InChI=1S/C15H21FN2O2/c1-12-4-3-5-13(8-12)17-14(19)9-18-7-6-15(16,10-18)11-20-2/h3-5,8H,6-7,9-11H2,1-2H3,(H,17,19). The minimum Gasteiger partial charge on any atom is -0.381 e. The number of hydrogen-bond acceptors (Lipinski definition) is 3. The first-order valence-corrected chi connectivity index (χ1v) is 6.77. The summed E-state index contributed by atoms with van der Waals surface area (Å²) in [5, 5.41) is 2.83. The average molecular weight is 280 g/mol. The van der Waals surface area contributed by atoms with Gasteiger partial charge in [0.1, 0.15) is 5.67 Å². The van der Waals surface area contributed by atoms with Crippen LogP contribution >= 0.6 is 0 Å². The molecule has 20 heavy (non-hydrogen) atoms. The highest BCUT2D eigenvalue weighted by Gasteiger charge is 2.38. The zero-order valence-corrected chi connectivity index (χ0v) is 12.0. The Labute approximate surface area is 118 Å². The molecule has 1 unspecified atom stereocenters. The molecule has 2 rings (SSSR count). The normalized spacial score (nSPS) is 22.9. The number of benzene rings is 1. The third kappa shape index (κ3) is 4.02. The number of nitrogens with one attached hydrogen (secondary N) is 1. The van der Waals surface area contributed by atoms with Crippen LogP contribution in [0.1, 0.15) is 12.0 Å². The number of amides is 1. The molecular formula is C15H21FN2O2. The van der Waals surface area contributed by atoms with E-state index in [1.807, 2.05) is 36.1 Å². The summed E-state index contributed by atoms with van der Waals surface area (Å²) in [6.45, 7) is 3.10. The van der Waals surface area contributed by atoms with E-state index in [0.717, 1.165) is 11.3 Å². The number of methoxy groups -OCH3 is 1. The second-order valence-corrected chi connectivity index (χ2v) is 5.46. The van der Waals surface area contributed by atoms with Crippen molar-refractivity contribution in [1.29, 1.82) is 0 Å². The van der Waals surface area contributed by atoms with Crippen LogP contribution in [0.5, 0.6) is 0 Å². The second-order valence-electron chi connectivity index (χ2n) is 5.46. The van der Waals surface area contributed by atoms with Gasteiger partial charge >= 0.3 is 0 Å². The molecule has 4 nitrogen and oxygen atoms in total. The summed E-state index contributed by atoms with van der Waals surface area (Å²) in [6.07, 6.45) is 0.415. The van der Waals surface area contributed by atoms with Gasteiger partial charge in [0, 0.05) is 25.9 Å². The number of carbonyl (C=O) groups excluding carboxylic acids is 1. The van der Waals surface area contributed by atoms with Crippen LogP contribution in [0.15, 0.2) is 24.3 Å². The van der Waals surface area contributed by atoms with Crippen LogP contribution in [0.3, 0.4) is 0 Å². The van der Waals surface area contributed by atoms with Crippen LogP contribution in [-0.2, 0) is 9.53 Å². The summed E-state index contributed by atoms with van der Waals surface area (Å²) in [4.78, 5) is 13.8. The summed E-state index contributed by atoms with van der Waals surface area (Å²) in [5.74, 6) is -0.114. The van der Waals surface area contributed by atoms with Crippen molar-refractivity contribution in [3.05, 3.63) is 29.8 Å². The van der Waals surface area contributed by atoms with Crippen LogP contribution in [0.25, 0.3) is 0 Å². The van der Waals surface area contributed by atoms with Gasteiger partial charge in [-0.05, 0) is 31.0 Å². The lowest BCUT2D eigenvalue weighted by Crippen LogP contribution is -2.36. The number of ether oxygens (including phenoxy) is 1. The smallest absolute Gasteiger partial charge is 0.238 e. The molecule has 0 radical (unpaired) electrons. The topological polar surface area (TPSA) is 41.6 Å². The Morgan fingerprint density at radius 1 is 1.55 bits per heavy atom. The highest BCUT2D eigenvalue weighted by Crippen LogP contribution is 2.25. The summed E-state index contributed by atoms with van der Waals surface area (Å²) in [6, 6.07) is 7.62. The quantitative estimate of drug-likeness (QED) is 0.897. The molecule has 1 aliphatic rings. The number of halogens is 1. The van der Waals surface area contributed by atoms with Gasteiger partial charge < -0.3 is 10.1 Å². The van der Waals surface area contributed by atoms with Gasteiger partial charge in [-0.2, -0.15) is 0 Å². The Hall–Kier alpha value is -1.46. The first-order chi connectivity index (χ1) is 9.50. The Balaban J connectivity index is 1.84. The lowest BCUT2D eigenvalue weighted by atomic mass is 10.1. The molecule has 1 atom stereocenters. The average Bonchev–Trinajstić information content (AvgIpc) is 2.70. The minimum absolute atomic E-state index is 0.0863. The number of rotatable bonds is 5. The molecule has 1 heterocycles. The van der Waals surface area contributed by atoms with Crippen LogP contribution in [0, 0.1) is 6.92 Å². The molecule has 0 aliphatic carbocycles. The van der Waals surface area contributed by atoms with Gasteiger partial charge in [-0.15, -0.1) is 0 Å². The van der Waals surface area contributed by atoms with Crippen LogP contribution in [0.4, 0.5) is 10.1 Å². The molecule has 0 bridgehead atoms. The van der Waals surface area contributed by atoms with Crippen molar-refractivity contribution in [2.45, 2.75) is 19.0 Å². The van der Waals surface area contributed by atoms with E-state index in [4.69, 9.17) is 4.74 Å². The van der Waals surface area contributed by atoms with Crippen molar-refractivity contribution < 1.29 is 13.9 Å². The molecule has 0 spiro atoms. The SMILES string of the molecule is COCC1(F)CCN(CC(=O)Nc2cccc(C)c2)C1. The van der Waals surface area contributed by atoms with Crippen molar-refractivity contribution in [2.24, 2.45) is 0 Å². The predicted octanol–water partition coefficient (Wildman–Crippen LogP) is 1.99. The molecule has 1 saturated heterocycles. The van der Waals surface area contributed by atoms with E-state index in [-0.39, 0.29) is 25.6 Å². The third-order valence-corrected chi connectivity index (χ3v) is 3.46. The van der Waals surface area contributed by atoms with Gasteiger partial charge in [0.25, 0.3) is 0 Å². The van der Waals surface area contributed by atoms with E-state index in [0.29, 0.717) is 13.0 Å². The van der Waals surface area contributed by atoms with E-state index < -0.39 is 5.67 Å². The van der Waals surface area contributed by atoms with Gasteiger partial charge in [0.05, 0.1) is 13.2 Å². The zero-order chi connectivity index (χ0) is 14.6. The fraction of sp³-hybridized carbons (Fsp3) is 0.533.